The Labute approximate surface area is 161 Å². The van der Waals surface area contributed by atoms with Crippen molar-refractivity contribution in [3.05, 3.63) is 53.9 Å². The highest BCUT2D eigenvalue weighted by atomic mass is 16.2. The number of nitrogens with zero attached hydrogens (tertiary/aromatic N) is 4. The van der Waals surface area contributed by atoms with E-state index in [9.17, 15) is 9.59 Å². The van der Waals surface area contributed by atoms with Gasteiger partial charge < -0.3 is 19.3 Å². The Kier molecular flexibility index (Phi) is 5.84. The van der Waals surface area contributed by atoms with Crippen LogP contribution in [-0.2, 0) is 18.3 Å². The Morgan fingerprint density at radius 3 is 2.26 bits per heavy atom. The monoisotopic (exact) mass is 368 g/mol. The lowest BCUT2D eigenvalue weighted by molar-refractivity contribution is -0.130. The molecule has 1 aromatic carbocycles. The van der Waals surface area contributed by atoms with Crippen LogP contribution in [0.1, 0.15) is 22.3 Å². The highest BCUT2D eigenvalue weighted by Crippen LogP contribution is 2.15. The van der Waals surface area contributed by atoms with E-state index >= 15 is 0 Å². The molecule has 6 nitrogen and oxygen atoms in total. The van der Waals surface area contributed by atoms with E-state index in [1.54, 1.807) is 0 Å². The molecular weight excluding hydrogens is 340 g/mol. The van der Waals surface area contributed by atoms with Gasteiger partial charge in [0.15, 0.2) is 0 Å². The molecule has 0 N–H and O–H groups in total. The molecule has 0 aliphatic carbocycles. The van der Waals surface area contributed by atoms with Gasteiger partial charge in [0, 0.05) is 71.0 Å². The van der Waals surface area contributed by atoms with Gasteiger partial charge in [0.1, 0.15) is 0 Å². The molecule has 1 fully saturated rings. The summed E-state index contributed by atoms with van der Waals surface area (Å²) in [6.45, 7) is 2.56. The third-order valence-electron chi connectivity index (χ3n) is 5.02. The lowest BCUT2D eigenvalue weighted by atomic mass is 10.1. The van der Waals surface area contributed by atoms with Crippen molar-refractivity contribution in [2.45, 2.75) is 12.8 Å². The molecule has 144 valence electrons. The van der Waals surface area contributed by atoms with Gasteiger partial charge in [0.05, 0.1) is 6.42 Å². The number of anilines is 1. The molecule has 0 saturated carbocycles. The maximum absolute atomic E-state index is 12.8. The summed E-state index contributed by atoms with van der Waals surface area (Å²) in [6, 6.07) is 9.65. The molecular formula is C21H28N4O2. The van der Waals surface area contributed by atoms with Crippen molar-refractivity contribution in [2.75, 3.05) is 45.2 Å². The number of carbonyl (C=O) groups is 2. The van der Waals surface area contributed by atoms with E-state index in [4.69, 9.17) is 0 Å². The second-order valence-corrected chi connectivity index (χ2v) is 7.33. The van der Waals surface area contributed by atoms with Gasteiger partial charge in [-0.1, -0.05) is 0 Å². The van der Waals surface area contributed by atoms with Crippen LogP contribution in [0.5, 0.6) is 0 Å². The van der Waals surface area contributed by atoms with E-state index in [0.717, 1.165) is 17.7 Å². The van der Waals surface area contributed by atoms with Crippen molar-refractivity contribution in [3.63, 3.8) is 0 Å². The standard InChI is InChI=1S/C21H28N4O2/c1-22(2)19-7-5-18(6-8-19)21(27)25-11-4-10-24(13-14-25)20(26)15-17-9-12-23(3)16-17/h5-9,12,16H,4,10-11,13-15H2,1-3H3. The van der Waals surface area contributed by atoms with Crippen molar-refractivity contribution in [2.24, 2.45) is 7.05 Å². The summed E-state index contributed by atoms with van der Waals surface area (Å²) in [6.07, 6.45) is 5.15. The molecule has 1 aliphatic rings. The maximum atomic E-state index is 12.8. The quantitative estimate of drug-likeness (QED) is 0.829. The maximum Gasteiger partial charge on any atom is 0.253 e. The molecule has 27 heavy (non-hydrogen) atoms. The summed E-state index contributed by atoms with van der Waals surface area (Å²) in [4.78, 5) is 31.2. The predicted octanol–water partition coefficient (Wildman–Crippen LogP) is 2.01. The van der Waals surface area contributed by atoms with Crippen LogP contribution in [0.4, 0.5) is 5.69 Å². The number of aromatic nitrogens is 1. The van der Waals surface area contributed by atoms with Gasteiger partial charge in [-0.2, -0.15) is 0 Å². The molecule has 1 saturated heterocycles. The van der Waals surface area contributed by atoms with E-state index in [2.05, 4.69) is 0 Å². The van der Waals surface area contributed by atoms with Crippen LogP contribution in [0.15, 0.2) is 42.7 Å². The molecule has 0 spiro atoms. The van der Waals surface area contributed by atoms with Crippen LogP contribution in [0.25, 0.3) is 0 Å². The summed E-state index contributed by atoms with van der Waals surface area (Å²) in [5.74, 6) is 0.170. The average Bonchev–Trinajstić information content (AvgIpc) is 2.92. The third-order valence-corrected chi connectivity index (χ3v) is 5.02. The number of hydrogen-bond acceptors (Lipinski definition) is 3. The number of hydrogen-bond donors (Lipinski definition) is 0. The fourth-order valence-electron chi connectivity index (χ4n) is 3.41. The van der Waals surface area contributed by atoms with Crippen molar-refractivity contribution in [1.29, 1.82) is 0 Å². The van der Waals surface area contributed by atoms with Gasteiger partial charge in [0.2, 0.25) is 5.91 Å². The fourth-order valence-corrected chi connectivity index (χ4v) is 3.41. The molecule has 0 bridgehead atoms. The largest absolute Gasteiger partial charge is 0.378 e. The minimum absolute atomic E-state index is 0.0395. The van der Waals surface area contributed by atoms with Gasteiger partial charge in [-0.3, -0.25) is 9.59 Å². The average molecular weight is 368 g/mol. The van der Waals surface area contributed by atoms with Crippen molar-refractivity contribution < 1.29 is 9.59 Å². The van der Waals surface area contributed by atoms with Crippen LogP contribution in [0, 0.1) is 0 Å². The first-order valence-corrected chi connectivity index (χ1v) is 9.39. The minimum atomic E-state index is 0.0395. The van der Waals surface area contributed by atoms with E-state index < -0.39 is 0 Å². The first kappa shape index (κ1) is 19.0. The van der Waals surface area contributed by atoms with E-state index in [0.29, 0.717) is 38.2 Å². The zero-order chi connectivity index (χ0) is 19.4. The number of amides is 2. The lowest BCUT2D eigenvalue weighted by Crippen LogP contribution is -2.38. The van der Waals surface area contributed by atoms with Crippen LogP contribution in [-0.4, -0.2) is 66.5 Å². The molecule has 1 aromatic heterocycles. The Bertz CT molecular complexity index is 795. The molecule has 2 heterocycles. The summed E-state index contributed by atoms with van der Waals surface area (Å²) < 4.78 is 1.95. The zero-order valence-corrected chi connectivity index (χ0v) is 16.4. The van der Waals surface area contributed by atoms with E-state index in [-0.39, 0.29) is 11.8 Å². The number of rotatable bonds is 4. The summed E-state index contributed by atoms with van der Waals surface area (Å²) >= 11 is 0. The predicted molar refractivity (Wildman–Crippen MR) is 107 cm³/mol. The summed E-state index contributed by atoms with van der Waals surface area (Å²) in [7, 11) is 5.91. The van der Waals surface area contributed by atoms with Gasteiger partial charge in [-0.15, -0.1) is 0 Å². The molecule has 3 rings (SSSR count). The minimum Gasteiger partial charge on any atom is -0.378 e. The van der Waals surface area contributed by atoms with Crippen molar-refractivity contribution in [1.82, 2.24) is 14.4 Å². The Morgan fingerprint density at radius 1 is 0.963 bits per heavy atom. The fraction of sp³-hybridized carbons (Fsp3) is 0.429. The molecule has 0 atom stereocenters. The molecule has 1 aliphatic heterocycles. The van der Waals surface area contributed by atoms with Crippen LogP contribution in [0.2, 0.25) is 0 Å². The lowest BCUT2D eigenvalue weighted by Gasteiger charge is -2.22. The van der Waals surface area contributed by atoms with Crippen molar-refractivity contribution >= 4 is 17.5 Å². The van der Waals surface area contributed by atoms with Gasteiger partial charge in [0.25, 0.3) is 5.91 Å². The number of benzene rings is 1. The van der Waals surface area contributed by atoms with Crippen LogP contribution >= 0.6 is 0 Å². The third kappa shape index (κ3) is 4.70. The van der Waals surface area contributed by atoms with E-state index in [1.807, 2.05) is 83.1 Å². The Balaban J connectivity index is 1.58. The van der Waals surface area contributed by atoms with Crippen molar-refractivity contribution in [3.8, 4) is 0 Å². The number of aryl methyl sites for hydroxylation is 1. The Morgan fingerprint density at radius 2 is 1.63 bits per heavy atom. The molecule has 2 amide bonds. The van der Waals surface area contributed by atoms with Gasteiger partial charge >= 0.3 is 0 Å². The molecule has 6 heteroatoms. The highest BCUT2D eigenvalue weighted by Gasteiger charge is 2.23. The smallest absolute Gasteiger partial charge is 0.253 e. The first-order valence-electron chi connectivity index (χ1n) is 9.39. The first-order chi connectivity index (χ1) is 12.9. The number of carbonyl (C=O) groups excluding carboxylic acids is 2. The van der Waals surface area contributed by atoms with E-state index in [1.165, 1.54) is 0 Å². The van der Waals surface area contributed by atoms with Gasteiger partial charge in [-0.25, -0.2) is 0 Å². The summed E-state index contributed by atoms with van der Waals surface area (Å²) in [5, 5.41) is 0. The SMILES string of the molecule is CN(C)c1ccc(C(=O)N2CCCN(C(=O)Cc3ccn(C)c3)CC2)cc1. The zero-order valence-electron chi connectivity index (χ0n) is 16.4. The normalized spacial score (nSPS) is 14.8. The van der Waals surface area contributed by atoms with Gasteiger partial charge in [-0.05, 0) is 42.3 Å². The van der Waals surface area contributed by atoms with Crippen LogP contribution < -0.4 is 4.90 Å². The Hall–Kier alpha value is -2.76. The molecule has 0 unspecified atom stereocenters. The van der Waals surface area contributed by atoms with Crippen LogP contribution in [0.3, 0.4) is 0 Å². The summed E-state index contributed by atoms with van der Waals surface area (Å²) in [5.41, 5.74) is 2.80. The topological polar surface area (TPSA) is 48.8 Å². The second kappa shape index (κ2) is 8.29. The highest BCUT2D eigenvalue weighted by molar-refractivity contribution is 5.94. The molecule has 2 aromatic rings. The molecule has 0 radical (unpaired) electrons. The second-order valence-electron chi connectivity index (χ2n) is 7.33.